The van der Waals surface area contributed by atoms with Crippen molar-refractivity contribution in [2.24, 2.45) is 0 Å². The monoisotopic (exact) mass is 206 g/mol. The minimum absolute atomic E-state index is 0.837. The maximum Gasteiger partial charge on any atom is 0.125 e. The highest BCUT2D eigenvalue weighted by Crippen LogP contribution is 2.25. The summed E-state index contributed by atoms with van der Waals surface area (Å²) in [5.74, 6) is 1.08. The molecule has 0 N–H and O–H groups in total. The van der Waals surface area contributed by atoms with Crippen molar-refractivity contribution in [1.82, 2.24) is 0 Å². The van der Waals surface area contributed by atoms with Crippen LogP contribution in [0, 0.1) is 13.8 Å². The molecule has 0 aromatic heterocycles. The van der Waals surface area contributed by atoms with Crippen molar-refractivity contribution in [1.29, 1.82) is 0 Å². The first kappa shape index (κ1) is 12.1. The third-order valence-corrected chi connectivity index (χ3v) is 2.67. The fourth-order valence-electron chi connectivity index (χ4n) is 1.79. The zero-order valence-electron chi connectivity index (χ0n) is 10.4. The minimum Gasteiger partial charge on any atom is -0.493 e. The van der Waals surface area contributed by atoms with E-state index in [2.05, 4.69) is 39.8 Å². The Bertz CT molecular complexity index is 292. The molecule has 1 rings (SSSR count). The summed E-state index contributed by atoms with van der Waals surface area (Å²) in [6.45, 7) is 9.47. The lowest BCUT2D eigenvalue weighted by Crippen LogP contribution is -2.01. The summed E-state index contributed by atoms with van der Waals surface area (Å²) in [6, 6.07) is 4.46. The van der Waals surface area contributed by atoms with Crippen LogP contribution in [0.4, 0.5) is 0 Å². The quantitative estimate of drug-likeness (QED) is 0.660. The summed E-state index contributed by atoms with van der Waals surface area (Å²) >= 11 is 0. The van der Waals surface area contributed by atoms with Crippen molar-refractivity contribution < 1.29 is 4.74 Å². The Balaban J connectivity index is 2.79. The van der Waals surface area contributed by atoms with Gasteiger partial charge in [-0.3, -0.25) is 0 Å². The van der Waals surface area contributed by atoms with Crippen LogP contribution in [0.5, 0.6) is 5.75 Å². The molecule has 1 nitrogen and oxygen atoms in total. The molecule has 0 amide bonds. The second kappa shape index (κ2) is 5.79. The van der Waals surface area contributed by atoms with Crippen molar-refractivity contribution in [3.8, 4) is 5.75 Å². The van der Waals surface area contributed by atoms with Gasteiger partial charge in [-0.15, -0.1) is 0 Å². The maximum absolute atomic E-state index is 5.81. The average Bonchev–Trinajstić information content (AvgIpc) is 2.22. The van der Waals surface area contributed by atoms with Crippen molar-refractivity contribution in [2.45, 2.75) is 47.0 Å². The lowest BCUT2D eigenvalue weighted by molar-refractivity contribution is 0.305. The van der Waals surface area contributed by atoms with E-state index < -0.39 is 0 Å². The largest absolute Gasteiger partial charge is 0.493 e. The Morgan fingerprint density at radius 1 is 1.07 bits per heavy atom. The third-order valence-electron chi connectivity index (χ3n) is 2.67. The smallest absolute Gasteiger partial charge is 0.125 e. The molecule has 0 saturated carbocycles. The first-order valence-corrected chi connectivity index (χ1v) is 5.92. The van der Waals surface area contributed by atoms with Gasteiger partial charge < -0.3 is 4.74 Å². The fourth-order valence-corrected chi connectivity index (χ4v) is 1.79. The van der Waals surface area contributed by atoms with E-state index in [0.717, 1.165) is 25.2 Å². The maximum atomic E-state index is 5.81. The molecule has 1 heteroatoms. The summed E-state index contributed by atoms with van der Waals surface area (Å²) in [6.07, 6.45) is 3.41. The molecule has 0 radical (unpaired) electrons. The highest BCUT2D eigenvalue weighted by Gasteiger charge is 2.05. The van der Waals surface area contributed by atoms with Crippen molar-refractivity contribution in [3.63, 3.8) is 0 Å². The average molecular weight is 206 g/mol. The van der Waals surface area contributed by atoms with Crippen LogP contribution in [-0.2, 0) is 6.42 Å². The van der Waals surface area contributed by atoms with Crippen LogP contribution in [0.2, 0.25) is 0 Å². The Hall–Kier alpha value is -0.980. The Labute approximate surface area is 93.5 Å². The summed E-state index contributed by atoms with van der Waals surface area (Å²) in [7, 11) is 0. The van der Waals surface area contributed by atoms with E-state index in [4.69, 9.17) is 4.74 Å². The second-order valence-electron chi connectivity index (χ2n) is 4.11. The minimum atomic E-state index is 0.837. The Morgan fingerprint density at radius 2 is 1.67 bits per heavy atom. The van der Waals surface area contributed by atoms with Crippen LogP contribution in [-0.4, -0.2) is 6.61 Å². The normalized spacial score (nSPS) is 10.4. The molecule has 0 saturated heterocycles. The van der Waals surface area contributed by atoms with E-state index >= 15 is 0 Å². The van der Waals surface area contributed by atoms with E-state index in [9.17, 15) is 0 Å². The summed E-state index contributed by atoms with van der Waals surface area (Å²) < 4.78 is 5.81. The van der Waals surface area contributed by atoms with Gasteiger partial charge >= 0.3 is 0 Å². The fraction of sp³-hybridized carbons (Fsp3) is 0.571. The lowest BCUT2D eigenvalue weighted by atomic mass is 10.0. The van der Waals surface area contributed by atoms with Gasteiger partial charge in [0.2, 0.25) is 0 Å². The topological polar surface area (TPSA) is 9.23 Å². The summed E-state index contributed by atoms with van der Waals surface area (Å²) in [4.78, 5) is 0. The van der Waals surface area contributed by atoms with Crippen LogP contribution < -0.4 is 4.74 Å². The van der Waals surface area contributed by atoms with E-state index in [1.54, 1.807) is 0 Å². The molecule has 0 unspecified atom stereocenters. The molecule has 1 aromatic rings. The third kappa shape index (κ3) is 3.26. The van der Waals surface area contributed by atoms with Gasteiger partial charge in [-0.1, -0.05) is 32.4 Å². The molecule has 0 spiro atoms. The van der Waals surface area contributed by atoms with Crippen LogP contribution in [0.25, 0.3) is 0 Å². The number of hydrogen-bond donors (Lipinski definition) is 0. The number of benzene rings is 1. The molecule has 0 fully saturated rings. The molecular weight excluding hydrogens is 184 g/mol. The SMILES string of the molecule is CCCCOc1c(C)cc(CC)cc1C. The number of ether oxygens (including phenoxy) is 1. The molecule has 0 aliphatic carbocycles. The molecule has 84 valence electrons. The van der Waals surface area contributed by atoms with Gasteiger partial charge in [-0.25, -0.2) is 0 Å². The highest BCUT2D eigenvalue weighted by molar-refractivity contribution is 5.43. The Kier molecular flexibility index (Phi) is 4.67. The zero-order chi connectivity index (χ0) is 11.3. The Morgan fingerprint density at radius 3 is 2.13 bits per heavy atom. The van der Waals surface area contributed by atoms with Gasteiger partial charge in [-0.05, 0) is 43.4 Å². The molecule has 0 aliphatic rings. The van der Waals surface area contributed by atoms with E-state index in [1.807, 2.05) is 0 Å². The standard InChI is InChI=1S/C14H22O/c1-5-7-8-15-14-11(3)9-13(6-2)10-12(14)4/h9-10H,5-8H2,1-4H3. The molecule has 15 heavy (non-hydrogen) atoms. The van der Waals surface area contributed by atoms with Gasteiger partial charge in [0.1, 0.15) is 5.75 Å². The summed E-state index contributed by atoms with van der Waals surface area (Å²) in [5, 5.41) is 0. The molecular formula is C14H22O. The highest BCUT2D eigenvalue weighted by atomic mass is 16.5. The molecule has 0 aliphatic heterocycles. The van der Waals surface area contributed by atoms with Crippen LogP contribution in [0.3, 0.4) is 0 Å². The van der Waals surface area contributed by atoms with Gasteiger partial charge in [-0.2, -0.15) is 0 Å². The van der Waals surface area contributed by atoms with Gasteiger partial charge in [0.15, 0.2) is 0 Å². The molecule has 0 atom stereocenters. The summed E-state index contributed by atoms with van der Waals surface area (Å²) in [5.41, 5.74) is 3.93. The number of aryl methyl sites for hydroxylation is 3. The van der Waals surface area contributed by atoms with Gasteiger partial charge in [0.05, 0.1) is 6.61 Å². The van der Waals surface area contributed by atoms with Crippen molar-refractivity contribution in [3.05, 3.63) is 28.8 Å². The lowest BCUT2D eigenvalue weighted by Gasteiger charge is -2.13. The number of rotatable bonds is 5. The second-order valence-corrected chi connectivity index (χ2v) is 4.11. The molecule has 0 bridgehead atoms. The van der Waals surface area contributed by atoms with E-state index in [0.29, 0.717) is 0 Å². The number of unbranched alkanes of at least 4 members (excludes halogenated alkanes) is 1. The molecule has 1 aromatic carbocycles. The van der Waals surface area contributed by atoms with E-state index in [-0.39, 0.29) is 0 Å². The van der Waals surface area contributed by atoms with E-state index in [1.165, 1.54) is 23.1 Å². The number of hydrogen-bond acceptors (Lipinski definition) is 1. The van der Waals surface area contributed by atoms with Gasteiger partial charge in [0.25, 0.3) is 0 Å². The first-order valence-electron chi connectivity index (χ1n) is 5.92. The predicted octanol–water partition coefficient (Wildman–Crippen LogP) is 4.04. The van der Waals surface area contributed by atoms with Crippen molar-refractivity contribution in [2.75, 3.05) is 6.61 Å². The van der Waals surface area contributed by atoms with Crippen LogP contribution >= 0.6 is 0 Å². The van der Waals surface area contributed by atoms with Crippen molar-refractivity contribution >= 4 is 0 Å². The predicted molar refractivity (Wildman–Crippen MR) is 65.7 cm³/mol. The zero-order valence-corrected chi connectivity index (χ0v) is 10.4. The molecule has 0 heterocycles. The van der Waals surface area contributed by atoms with Gasteiger partial charge in [0, 0.05) is 0 Å². The first-order chi connectivity index (χ1) is 7.19. The van der Waals surface area contributed by atoms with Crippen LogP contribution in [0.15, 0.2) is 12.1 Å². The van der Waals surface area contributed by atoms with Crippen LogP contribution in [0.1, 0.15) is 43.4 Å².